The zero-order valence-electron chi connectivity index (χ0n) is 17.9. The molecule has 3 amide bonds. The van der Waals surface area contributed by atoms with Gasteiger partial charge in [-0.2, -0.15) is 0 Å². The van der Waals surface area contributed by atoms with E-state index in [1.807, 2.05) is 24.3 Å². The van der Waals surface area contributed by atoms with Crippen LogP contribution in [0.3, 0.4) is 0 Å². The molecule has 2 aliphatic heterocycles. The molecule has 3 aromatic rings. The number of amides is 3. The van der Waals surface area contributed by atoms with Crippen LogP contribution >= 0.6 is 0 Å². The first-order valence-electron chi connectivity index (χ1n) is 10.5. The molecule has 2 N–H and O–H groups in total. The number of hydrogen-bond donors (Lipinski definition) is 2. The summed E-state index contributed by atoms with van der Waals surface area (Å²) in [6.45, 7) is 4.17. The van der Waals surface area contributed by atoms with E-state index >= 15 is 0 Å². The molecule has 1 fully saturated rings. The highest BCUT2D eigenvalue weighted by Crippen LogP contribution is 2.37. The fourth-order valence-electron chi connectivity index (χ4n) is 4.37. The Morgan fingerprint density at radius 1 is 1.09 bits per heavy atom. The number of carbonyl (C=O) groups is 3. The van der Waals surface area contributed by atoms with Gasteiger partial charge in [0, 0.05) is 28.6 Å². The first kappa shape index (κ1) is 20.1. The van der Waals surface area contributed by atoms with Crippen LogP contribution in [0, 0.1) is 6.92 Å². The maximum atomic E-state index is 13.3. The van der Waals surface area contributed by atoms with Gasteiger partial charge in [-0.15, -0.1) is 0 Å². The molecule has 2 aromatic carbocycles. The van der Waals surface area contributed by atoms with Crippen molar-refractivity contribution in [1.82, 2.24) is 15.2 Å². The van der Waals surface area contributed by atoms with Crippen molar-refractivity contribution in [3.63, 3.8) is 0 Å². The number of Topliss-reactive ketones (excluding diaryl/α,β-unsaturated/α-hetero) is 1. The van der Waals surface area contributed by atoms with Crippen LogP contribution in [-0.2, 0) is 10.3 Å². The Balaban J connectivity index is 1.43. The molecular formula is C24H23N3O5. The third kappa shape index (κ3) is 3.10. The van der Waals surface area contributed by atoms with Gasteiger partial charge in [-0.05, 0) is 37.6 Å². The Morgan fingerprint density at radius 3 is 2.66 bits per heavy atom. The molecule has 0 saturated carbocycles. The van der Waals surface area contributed by atoms with E-state index in [1.54, 1.807) is 32.0 Å². The zero-order chi connectivity index (χ0) is 22.5. The molecule has 0 radical (unpaired) electrons. The number of aryl methyl sites for hydroxylation is 1. The minimum absolute atomic E-state index is 0.300. The summed E-state index contributed by atoms with van der Waals surface area (Å²) in [4.78, 5) is 43.4. The third-order valence-corrected chi connectivity index (χ3v) is 6.07. The minimum atomic E-state index is -1.31. The van der Waals surface area contributed by atoms with Gasteiger partial charge in [-0.3, -0.25) is 14.5 Å². The van der Waals surface area contributed by atoms with Gasteiger partial charge in [-0.1, -0.05) is 24.3 Å². The third-order valence-electron chi connectivity index (χ3n) is 6.07. The highest BCUT2D eigenvalue weighted by atomic mass is 16.5. The van der Waals surface area contributed by atoms with E-state index in [0.717, 1.165) is 22.2 Å². The number of H-pyrrole nitrogens is 1. The van der Waals surface area contributed by atoms with Crippen molar-refractivity contribution < 1.29 is 23.9 Å². The number of fused-ring (bicyclic) bond motifs is 2. The lowest BCUT2D eigenvalue weighted by atomic mass is 9.91. The van der Waals surface area contributed by atoms with Gasteiger partial charge in [0.2, 0.25) is 0 Å². The van der Waals surface area contributed by atoms with E-state index in [0.29, 0.717) is 41.5 Å². The Kier molecular flexibility index (Phi) is 4.65. The van der Waals surface area contributed by atoms with E-state index < -0.39 is 17.5 Å². The van der Waals surface area contributed by atoms with Crippen LogP contribution in [0.15, 0.2) is 42.5 Å². The Labute approximate surface area is 184 Å². The van der Waals surface area contributed by atoms with Crippen LogP contribution in [-0.4, -0.2) is 47.4 Å². The van der Waals surface area contributed by atoms with Crippen LogP contribution in [0.2, 0.25) is 0 Å². The first-order valence-corrected chi connectivity index (χ1v) is 10.5. The molecule has 0 aliphatic carbocycles. The van der Waals surface area contributed by atoms with Crippen molar-refractivity contribution in [2.24, 2.45) is 0 Å². The molecule has 1 aromatic heterocycles. The normalized spacial score (nSPS) is 20.4. The maximum absolute atomic E-state index is 13.3. The number of aromatic amines is 1. The number of imide groups is 1. The lowest BCUT2D eigenvalue weighted by Crippen LogP contribution is -2.41. The lowest BCUT2D eigenvalue weighted by Gasteiger charge is -2.23. The molecule has 1 atom stereocenters. The molecule has 0 unspecified atom stereocenters. The van der Waals surface area contributed by atoms with E-state index in [9.17, 15) is 14.4 Å². The number of ketones is 1. The van der Waals surface area contributed by atoms with Gasteiger partial charge < -0.3 is 19.8 Å². The van der Waals surface area contributed by atoms with Crippen LogP contribution in [0.4, 0.5) is 4.79 Å². The smallest absolute Gasteiger partial charge is 0.325 e. The van der Waals surface area contributed by atoms with E-state index in [2.05, 4.69) is 10.3 Å². The molecule has 3 heterocycles. The van der Waals surface area contributed by atoms with Crippen LogP contribution in [0.25, 0.3) is 10.9 Å². The molecule has 8 heteroatoms. The molecule has 2 aliphatic rings. The molecule has 164 valence electrons. The summed E-state index contributed by atoms with van der Waals surface area (Å²) >= 11 is 0. The zero-order valence-corrected chi connectivity index (χ0v) is 17.9. The maximum Gasteiger partial charge on any atom is 0.325 e. The van der Waals surface area contributed by atoms with E-state index in [-0.39, 0.29) is 12.3 Å². The molecule has 5 rings (SSSR count). The first-order chi connectivity index (χ1) is 15.4. The lowest BCUT2D eigenvalue weighted by molar-refractivity contribution is -0.130. The Bertz CT molecular complexity index is 1260. The molecule has 32 heavy (non-hydrogen) atoms. The number of benzene rings is 2. The van der Waals surface area contributed by atoms with Crippen molar-refractivity contribution in [2.45, 2.75) is 25.8 Å². The highest BCUT2D eigenvalue weighted by molar-refractivity contribution is 6.15. The standard InChI is InChI=1S/C24H23N3O5/c1-14-21(16-6-3-4-7-17(16)25-14)18(28)13-27-22(29)24(2,26-23(27)30)15-8-9-19-20(12-15)32-11-5-10-31-19/h3-4,6-9,12,25H,5,10-11,13H2,1-2H3,(H,26,30)/t24-/m0/s1. The number of nitrogens with one attached hydrogen (secondary N) is 2. The molecule has 0 bridgehead atoms. The van der Waals surface area contributed by atoms with E-state index in [4.69, 9.17) is 9.47 Å². The van der Waals surface area contributed by atoms with Crippen LogP contribution in [0.1, 0.15) is 35.0 Å². The second-order valence-corrected chi connectivity index (χ2v) is 8.25. The topological polar surface area (TPSA) is 101 Å². The average Bonchev–Trinajstić information content (AvgIpc) is 3.08. The van der Waals surface area contributed by atoms with Gasteiger partial charge in [0.25, 0.3) is 5.91 Å². The second kappa shape index (κ2) is 7.40. The predicted molar refractivity (Wildman–Crippen MR) is 117 cm³/mol. The fraction of sp³-hybridized carbons (Fsp3) is 0.292. The summed E-state index contributed by atoms with van der Waals surface area (Å²) in [5.41, 5.74) is 1.29. The van der Waals surface area contributed by atoms with Crippen LogP contribution < -0.4 is 14.8 Å². The van der Waals surface area contributed by atoms with E-state index in [1.165, 1.54) is 0 Å². The van der Waals surface area contributed by atoms with Crippen molar-refractivity contribution >= 4 is 28.6 Å². The predicted octanol–water partition coefficient (Wildman–Crippen LogP) is 3.29. The molecular weight excluding hydrogens is 410 g/mol. The van der Waals surface area contributed by atoms with Crippen LogP contribution in [0.5, 0.6) is 11.5 Å². The number of para-hydroxylation sites is 1. The van der Waals surface area contributed by atoms with Crippen molar-refractivity contribution in [2.75, 3.05) is 19.8 Å². The number of aromatic nitrogens is 1. The summed E-state index contributed by atoms with van der Waals surface area (Å²) in [7, 11) is 0. The quantitative estimate of drug-likeness (QED) is 0.486. The number of urea groups is 1. The summed E-state index contributed by atoms with van der Waals surface area (Å²) in [5, 5.41) is 3.52. The summed E-state index contributed by atoms with van der Waals surface area (Å²) < 4.78 is 11.4. The van der Waals surface area contributed by atoms with Gasteiger partial charge >= 0.3 is 6.03 Å². The van der Waals surface area contributed by atoms with Gasteiger partial charge in [0.15, 0.2) is 17.3 Å². The SMILES string of the molecule is Cc1[nH]c2ccccc2c1C(=O)CN1C(=O)N[C@@](C)(c2ccc3c(c2)OCCCO3)C1=O. The second-order valence-electron chi connectivity index (χ2n) is 8.25. The summed E-state index contributed by atoms with van der Waals surface area (Å²) in [6, 6.07) is 12.0. The van der Waals surface area contributed by atoms with Crippen molar-refractivity contribution in [3.05, 3.63) is 59.3 Å². The number of carbonyl (C=O) groups excluding carboxylic acids is 3. The molecule has 8 nitrogen and oxygen atoms in total. The van der Waals surface area contributed by atoms with Gasteiger partial charge in [0.1, 0.15) is 5.54 Å². The highest BCUT2D eigenvalue weighted by Gasteiger charge is 2.50. The molecule has 1 saturated heterocycles. The van der Waals surface area contributed by atoms with Crippen molar-refractivity contribution in [3.8, 4) is 11.5 Å². The molecule has 0 spiro atoms. The number of ether oxygens (including phenoxy) is 2. The Hall–Kier alpha value is -3.81. The van der Waals surface area contributed by atoms with Gasteiger partial charge in [0.05, 0.1) is 19.8 Å². The van der Waals surface area contributed by atoms with Gasteiger partial charge in [-0.25, -0.2) is 4.79 Å². The number of nitrogens with zero attached hydrogens (tertiary/aromatic N) is 1. The number of rotatable bonds is 4. The van der Waals surface area contributed by atoms with Crippen molar-refractivity contribution in [1.29, 1.82) is 0 Å². The average molecular weight is 433 g/mol. The largest absolute Gasteiger partial charge is 0.490 e. The monoisotopic (exact) mass is 433 g/mol. The minimum Gasteiger partial charge on any atom is -0.490 e. The fourth-order valence-corrected chi connectivity index (χ4v) is 4.37. The Morgan fingerprint density at radius 2 is 1.84 bits per heavy atom. The summed E-state index contributed by atoms with van der Waals surface area (Å²) in [6.07, 6.45) is 0.764. The summed E-state index contributed by atoms with van der Waals surface area (Å²) in [5.74, 6) is 0.356. The number of hydrogen-bond acceptors (Lipinski definition) is 5.